The summed E-state index contributed by atoms with van der Waals surface area (Å²) in [4.78, 5) is 14.2. The molecule has 0 saturated carbocycles. The van der Waals surface area contributed by atoms with Crippen molar-refractivity contribution in [3.05, 3.63) is 0 Å². The molecule has 1 atom stereocenters. The van der Waals surface area contributed by atoms with Gasteiger partial charge in [0.15, 0.2) is 0 Å². The first-order valence-corrected chi connectivity index (χ1v) is 7.64. The third kappa shape index (κ3) is 7.53. The first kappa shape index (κ1) is 16.4. The average molecular weight is 269 g/mol. The number of nitrogens with one attached hydrogen (secondary N) is 2. The van der Waals surface area contributed by atoms with E-state index in [9.17, 15) is 4.79 Å². The smallest absolute Gasteiger partial charge is 0.221 e. The molecular formula is C15H31N3O. The first-order valence-electron chi connectivity index (χ1n) is 7.64. The van der Waals surface area contributed by atoms with Crippen LogP contribution in [0.25, 0.3) is 0 Å². The Bertz CT molecular complexity index is 267. The van der Waals surface area contributed by atoms with Crippen LogP contribution in [0.1, 0.15) is 53.4 Å². The van der Waals surface area contributed by atoms with Gasteiger partial charge in [-0.15, -0.1) is 0 Å². The van der Waals surface area contributed by atoms with E-state index in [2.05, 4.69) is 43.2 Å². The van der Waals surface area contributed by atoms with Gasteiger partial charge in [0.2, 0.25) is 5.91 Å². The highest BCUT2D eigenvalue weighted by Crippen LogP contribution is 2.11. The van der Waals surface area contributed by atoms with Crippen molar-refractivity contribution < 1.29 is 4.79 Å². The number of amides is 1. The summed E-state index contributed by atoms with van der Waals surface area (Å²) >= 11 is 0. The standard InChI is InChI=1S/C15H31N3O/c1-13(18-10-6-5-7-11-18)12-16-14(19)8-9-17-15(2,3)4/h13,17H,5-12H2,1-4H3,(H,16,19). The third-order valence-corrected chi connectivity index (χ3v) is 3.62. The third-order valence-electron chi connectivity index (χ3n) is 3.62. The van der Waals surface area contributed by atoms with Gasteiger partial charge in [-0.1, -0.05) is 6.42 Å². The maximum atomic E-state index is 11.7. The van der Waals surface area contributed by atoms with Crippen LogP contribution in [0.15, 0.2) is 0 Å². The summed E-state index contributed by atoms with van der Waals surface area (Å²) in [6, 6.07) is 0.458. The second kappa shape index (κ2) is 7.85. The molecular weight excluding hydrogens is 238 g/mol. The number of rotatable bonds is 6. The van der Waals surface area contributed by atoms with Crippen LogP contribution in [-0.2, 0) is 4.79 Å². The molecule has 0 spiro atoms. The van der Waals surface area contributed by atoms with E-state index in [1.54, 1.807) is 0 Å². The fraction of sp³-hybridized carbons (Fsp3) is 0.933. The van der Waals surface area contributed by atoms with E-state index in [0.29, 0.717) is 12.5 Å². The second-order valence-corrected chi connectivity index (χ2v) is 6.68. The average Bonchev–Trinajstić information content (AvgIpc) is 2.35. The topological polar surface area (TPSA) is 44.4 Å². The second-order valence-electron chi connectivity index (χ2n) is 6.68. The van der Waals surface area contributed by atoms with Crippen LogP contribution in [0.2, 0.25) is 0 Å². The van der Waals surface area contributed by atoms with Gasteiger partial charge in [0.05, 0.1) is 0 Å². The van der Waals surface area contributed by atoms with Gasteiger partial charge in [0.1, 0.15) is 0 Å². The lowest BCUT2D eigenvalue weighted by atomic mass is 10.1. The van der Waals surface area contributed by atoms with Gasteiger partial charge in [0.25, 0.3) is 0 Å². The quantitative estimate of drug-likeness (QED) is 0.772. The first-order chi connectivity index (χ1) is 8.88. The van der Waals surface area contributed by atoms with Crippen molar-refractivity contribution in [3.8, 4) is 0 Å². The van der Waals surface area contributed by atoms with Crippen LogP contribution in [0, 0.1) is 0 Å². The molecule has 0 aliphatic carbocycles. The summed E-state index contributed by atoms with van der Waals surface area (Å²) < 4.78 is 0. The van der Waals surface area contributed by atoms with E-state index in [-0.39, 0.29) is 11.4 Å². The highest BCUT2D eigenvalue weighted by atomic mass is 16.1. The molecule has 1 saturated heterocycles. The Balaban J connectivity index is 2.11. The molecule has 1 aliphatic rings. The fourth-order valence-electron chi connectivity index (χ4n) is 2.39. The Labute approximate surface area is 118 Å². The molecule has 0 aromatic rings. The van der Waals surface area contributed by atoms with Crippen LogP contribution in [0.4, 0.5) is 0 Å². The SMILES string of the molecule is CC(CNC(=O)CCNC(C)(C)C)N1CCCCC1. The monoisotopic (exact) mass is 269 g/mol. The van der Waals surface area contributed by atoms with Crippen molar-refractivity contribution in [2.75, 3.05) is 26.2 Å². The molecule has 1 rings (SSSR count). The van der Waals surface area contributed by atoms with Gasteiger partial charge in [-0.2, -0.15) is 0 Å². The zero-order valence-electron chi connectivity index (χ0n) is 13.1. The van der Waals surface area contributed by atoms with Crippen LogP contribution < -0.4 is 10.6 Å². The Morgan fingerprint density at radius 1 is 1.21 bits per heavy atom. The molecule has 1 heterocycles. The Hall–Kier alpha value is -0.610. The van der Waals surface area contributed by atoms with Gasteiger partial charge in [-0.3, -0.25) is 9.69 Å². The minimum absolute atomic E-state index is 0.0847. The van der Waals surface area contributed by atoms with Crippen molar-refractivity contribution in [2.45, 2.75) is 65.0 Å². The summed E-state index contributed by atoms with van der Waals surface area (Å²) in [6.07, 6.45) is 4.51. The predicted molar refractivity (Wildman–Crippen MR) is 80.3 cm³/mol. The summed E-state index contributed by atoms with van der Waals surface area (Å²) in [6.45, 7) is 12.4. The number of carbonyl (C=O) groups is 1. The van der Waals surface area contributed by atoms with Crippen LogP contribution in [0.3, 0.4) is 0 Å². The van der Waals surface area contributed by atoms with Crippen LogP contribution in [0.5, 0.6) is 0 Å². The highest BCUT2D eigenvalue weighted by Gasteiger charge is 2.17. The fourth-order valence-corrected chi connectivity index (χ4v) is 2.39. The number of carbonyl (C=O) groups excluding carboxylic acids is 1. The molecule has 0 aromatic carbocycles. The lowest BCUT2D eigenvalue weighted by molar-refractivity contribution is -0.121. The number of hydrogen-bond donors (Lipinski definition) is 2. The zero-order valence-corrected chi connectivity index (χ0v) is 13.1. The summed E-state index contributed by atoms with van der Waals surface area (Å²) in [5, 5.41) is 6.38. The predicted octanol–water partition coefficient (Wildman–Crippen LogP) is 1.76. The molecule has 1 aliphatic heterocycles. The van der Waals surface area contributed by atoms with Crippen molar-refractivity contribution in [1.82, 2.24) is 15.5 Å². The van der Waals surface area contributed by atoms with Crippen LogP contribution >= 0.6 is 0 Å². The maximum absolute atomic E-state index is 11.7. The van der Waals surface area contributed by atoms with Crippen LogP contribution in [-0.4, -0.2) is 48.6 Å². The van der Waals surface area contributed by atoms with Gasteiger partial charge < -0.3 is 10.6 Å². The lowest BCUT2D eigenvalue weighted by Gasteiger charge is -2.32. The van der Waals surface area contributed by atoms with Gasteiger partial charge in [-0.05, 0) is 53.6 Å². The maximum Gasteiger partial charge on any atom is 0.221 e. The number of likely N-dealkylation sites (tertiary alicyclic amines) is 1. The summed E-state index contributed by atoms with van der Waals surface area (Å²) in [7, 11) is 0. The number of nitrogens with zero attached hydrogens (tertiary/aromatic N) is 1. The van der Waals surface area contributed by atoms with Crippen molar-refractivity contribution in [3.63, 3.8) is 0 Å². The minimum atomic E-state index is 0.0847. The zero-order chi connectivity index (χ0) is 14.3. The van der Waals surface area contributed by atoms with E-state index in [0.717, 1.165) is 13.1 Å². The number of hydrogen-bond acceptors (Lipinski definition) is 3. The molecule has 0 radical (unpaired) electrons. The summed E-state index contributed by atoms with van der Waals surface area (Å²) in [5.41, 5.74) is 0.0847. The molecule has 112 valence electrons. The minimum Gasteiger partial charge on any atom is -0.355 e. The van der Waals surface area contributed by atoms with Gasteiger partial charge in [-0.25, -0.2) is 0 Å². The molecule has 2 N–H and O–H groups in total. The molecule has 0 aromatic heterocycles. The Morgan fingerprint density at radius 2 is 1.84 bits per heavy atom. The lowest BCUT2D eigenvalue weighted by Crippen LogP contribution is -2.45. The van der Waals surface area contributed by atoms with Crippen molar-refractivity contribution in [1.29, 1.82) is 0 Å². The molecule has 19 heavy (non-hydrogen) atoms. The van der Waals surface area contributed by atoms with E-state index in [1.807, 2.05) is 0 Å². The van der Waals surface area contributed by atoms with E-state index < -0.39 is 0 Å². The molecule has 1 amide bonds. The van der Waals surface area contributed by atoms with E-state index in [4.69, 9.17) is 0 Å². The normalized spacial score (nSPS) is 19.2. The highest BCUT2D eigenvalue weighted by molar-refractivity contribution is 5.76. The molecule has 4 nitrogen and oxygen atoms in total. The molecule has 1 fully saturated rings. The Morgan fingerprint density at radius 3 is 2.42 bits per heavy atom. The van der Waals surface area contributed by atoms with Gasteiger partial charge in [0, 0.05) is 31.1 Å². The number of piperidine rings is 1. The summed E-state index contributed by atoms with van der Waals surface area (Å²) in [5.74, 6) is 0.153. The molecule has 4 heteroatoms. The van der Waals surface area contributed by atoms with Gasteiger partial charge >= 0.3 is 0 Å². The van der Waals surface area contributed by atoms with Crippen molar-refractivity contribution in [2.24, 2.45) is 0 Å². The van der Waals surface area contributed by atoms with Crippen molar-refractivity contribution >= 4 is 5.91 Å². The largest absolute Gasteiger partial charge is 0.355 e. The van der Waals surface area contributed by atoms with E-state index >= 15 is 0 Å². The van der Waals surface area contributed by atoms with E-state index in [1.165, 1.54) is 32.4 Å². The molecule has 1 unspecified atom stereocenters. The molecule has 0 bridgehead atoms. The Kier molecular flexibility index (Phi) is 6.80.